The van der Waals surface area contributed by atoms with Gasteiger partial charge >= 0.3 is 6.09 Å². The minimum Gasteiger partial charge on any atom is -0.444 e. The largest absolute Gasteiger partial charge is 0.444 e. The van der Waals surface area contributed by atoms with Gasteiger partial charge in [0, 0.05) is 12.5 Å². The van der Waals surface area contributed by atoms with E-state index in [0.29, 0.717) is 18.6 Å². The van der Waals surface area contributed by atoms with E-state index in [9.17, 15) is 13.6 Å². The molecule has 150 valence electrons. The zero-order valence-corrected chi connectivity index (χ0v) is 16.4. The maximum atomic E-state index is 13.7. The molecule has 0 aromatic heterocycles. The van der Waals surface area contributed by atoms with E-state index in [1.54, 1.807) is 39.5 Å². The topological polar surface area (TPSA) is 51.3 Å². The molecule has 1 aromatic rings. The highest BCUT2D eigenvalue weighted by molar-refractivity contribution is 5.70. The molecule has 0 radical (unpaired) electrons. The molecule has 2 heterocycles. The molecule has 7 heteroatoms. The van der Waals surface area contributed by atoms with Gasteiger partial charge in [-0.1, -0.05) is 0 Å². The maximum Gasteiger partial charge on any atom is 0.412 e. The van der Waals surface area contributed by atoms with E-state index >= 15 is 0 Å². The number of carbonyl (C=O) groups excluding carboxylic acids is 1. The lowest BCUT2D eigenvalue weighted by atomic mass is 9.97. The molecule has 2 fully saturated rings. The van der Waals surface area contributed by atoms with Crippen molar-refractivity contribution in [2.45, 2.75) is 77.0 Å². The molecule has 2 saturated heterocycles. The molecule has 0 saturated carbocycles. The Labute approximate surface area is 158 Å². The predicted octanol–water partition coefficient (Wildman–Crippen LogP) is 4.04. The summed E-state index contributed by atoms with van der Waals surface area (Å²) < 4.78 is 44.3. The third-order valence-corrected chi connectivity index (χ3v) is 4.64. The summed E-state index contributed by atoms with van der Waals surface area (Å²) in [6.07, 6.45) is 0.149. The van der Waals surface area contributed by atoms with Crippen LogP contribution in [0.5, 0.6) is 0 Å². The van der Waals surface area contributed by atoms with Gasteiger partial charge in [-0.05, 0) is 58.7 Å². The Kier molecular flexibility index (Phi) is 5.20. The van der Waals surface area contributed by atoms with Crippen LogP contribution in [0, 0.1) is 11.6 Å². The molecule has 0 spiro atoms. The zero-order valence-electron chi connectivity index (χ0n) is 16.4. The van der Waals surface area contributed by atoms with Crippen LogP contribution in [0.3, 0.4) is 0 Å². The Morgan fingerprint density at radius 3 is 2.37 bits per heavy atom. The van der Waals surface area contributed by atoms with Crippen LogP contribution in [0.2, 0.25) is 0 Å². The number of rotatable bonds is 4. The predicted molar refractivity (Wildman–Crippen MR) is 95.2 cm³/mol. The number of ether oxygens (including phenoxy) is 3. The zero-order chi connectivity index (χ0) is 20.0. The minimum atomic E-state index is -0.904. The summed E-state index contributed by atoms with van der Waals surface area (Å²) in [6.45, 7) is 9.63. The van der Waals surface area contributed by atoms with Gasteiger partial charge in [0.2, 0.25) is 0 Å². The number of nitrogens with zero attached hydrogens (tertiary/aromatic N) is 1. The van der Waals surface area contributed by atoms with E-state index < -0.39 is 35.1 Å². The highest BCUT2D eigenvalue weighted by Gasteiger charge is 2.52. The summed E-state index contributed by atoms with van der Waals surface area (Å²) >= 11 is 0. The summed E-state index contributed by atoms with van der Waals surface area (Å²) in [5.74, 6) is -1.29. The van der Waals surface area contributed by atoms with E-state index in [0.717, 1.165) is 6.07 Å². The maximum absolute atomic E-state index is 13.7. The molecule has 0 N–H and O–H groups in total. The molecular weight excluding hydrogens is 356 g/mol. The summed E-state index contributed by atoms with van der Waals surface area (Å²) in [5.41, 5.74) is -1.10. The van der Waals surface area contributed by atoms with Gasteiger partial charge in [-0.3, -0.25) is 4.90 Å². The number of hydrogen-bond acceptors (Lipinski definition) is 4. The highest BCUT2D eigenvalue weighted by atomic mass is 19.1. The molecule has 0 bridgehead atoms. The number of epoxide rings is 1. The Balaban J connectivity index is 1.89. The van der Waals surface area contributed by atoms with Gasteiger partial charge in [0.15, 0.2) is 0 Å². The lowest BCUT2D eigenvalue weighted by Crippen LogP contribution is -2.51. The molecule has 1 unspecified atom stereocenters. The van der Waals surface area contributed by atoms with Crippen LogP contribution in [-0.2, 0) is 20.6 Å². The Bertz CT molecular complexity index is 692. The fourth-order valence-corrected chi connectivity index (χ4v) is 3.60. The molecule has 2 aliphatic rings. The summed E-state index contributed by atoms with van der Waals surface area (Å²) in [4.78, 5) is 14.5. The van der Waals surface area contributed by atoms with E-state index in [2.05, 4.69) is 0 Å². The molecule has 2 aliphatic heterocycles. The second kappa shape index (κ2) is 7.02. The fourth-order valence-electron chi connectivity index (χ4n) is 3.60. The molecular formula is C20H27F2NO4. The third kappa shape index (κ3) is 4.96. The Hall–Kier alpha value is -1.73. The van der Waals surface area contributed by atoms with E-state index in [1.807, 2.05) is 0 Å². The van der Waals surface area contributed by atoms with Crippen molar-refractivity contribution in [1.29, 1.82) is 0 Å². The van der Waals surface area contributed by atoms with Crippen molar-refractivity contribution in [3.8, 4) is 0 Å². The normalized spacial score (nSPS) is 26.9. The van der Waals surface area contributed by atoms with Crippen molar-refractivity contribution >= 4 is 6.09 Å². The molecule has 3 rings (SSSR count). The van der Waals surface area contributed by atoms with Crippen molar-refractivity contribution in [3.05, 3.63) is 35.4 Å². The van der Waals surface area contributed by atoms with Gasteiger partial charge in [-0.15, -0.1) is 0 Å². The van der Waals surface area contributed by atoms with Gasteiger partial charge in [0.05, 0.1) is 24.9 Å². The average molecular weight is 383 g/mol. The lowest BCUT2D eigenvalue weighted by molar-refractivity contribution is -0.0805. The summed E-state index contributed by atoms with van der Waals surface area (Å²) in [5, 5.41) is 0. The number of halogens is 2. The van der Waals surface area contributed by atoms with Crippen LogP contribution in [0.1, 0.15) is 46.6 Å². The molecule has 0 aliphatic carbocycles. The number of amides is 1. The summed E-state index contributed by atoms with van der Waals surface area (Å²) in [7, 11) is 0. The number of benzene rings is 1. The van der Waals surface area contributed by atoms with Gasteiger partial charge in [0.25, 0.3) is 0 Å². The second-order valence-electron chi connectivity index (χ2n) is 8.69. The van der Waals surface area contributed by atoms with Crippen molar-refractivity contribution in [2.75, 3.05) is 6.61 Å². The summed E-state index contributed by atoms with van der Waals surface area (Å²) in [6, 6.07) is 2.98. The average Bonchev–Trinajstić information content (AvgIpc) is 3.21. The first kappa shape index (κ1) is 20.0. The van der Waals surface area contributed by atoms with E-state index in [1.165, 1.54) is 12.1 Å². The third-order valence-electron chi connectivity index (χ3n) is 4.64. The van der Waals surface area contributed by atoms with Crippen LogP contribution in [0.25, 0.3) is 0 Å². The molecule has 3 atom stereocenters. The van der Waals surface area contributed by atoms with Crippen LogP contribution in [0.15, 0.2) is 18.2 Å². The van der Waals surface area contributed by atoms with Crippen molar-refractivity contribution in [3.63, 3.8) is 0 Å². The number of hydrogen-bond donors (Lipinski definition) is 0. The van der Waals surface area contributed by atoms with E-state index in [-0.39, 0.29) is 18.6 Å². The molecule has 1 aromatic carbocycles. The van der Waals surface area contributed by atoms with Crippen molar-refractivity contribution < 1.29 is 27.8 Å². The molecule has 5 nitrogen and oxygen atoms in total. The highest BCUT2D eigenvalue weighted by Crippen LogP contribution is 2.38. The Morgan fingerprint density at radius 2 is 1.85 bits per heavy atom. The van der Waals surface area contributed by atoms with Gasteiger partial charge in [0.1, 0.15) is 23.0 Å². The quantitative estimate of drug-likeness (QED) is 0.737. The first-order chi connectivity index (χ1) is 12.4. The smallest absolute Gasteiger partial charge is 0.412 e. The Morgan fingerprint density at radius 1 is 1.26 bits per heavy atom. The first-order valence-corrected chi connectivity index (χ1v) is 9.21. The SMILES string of the molecule is CC(C)(C)OC(=O)N1[C@@H](Cc2cc(F)cc(F)c2)C(C[C@@H]2CO2)OC1(C)C. The van der Waals surface area contributed by atoms with Crippen LogP contribution >= 0.6 is 0 Å². The van der Waals surface area contributed by atoms with Crippen molar-refractivity contribution in [2.24, 2.45) is 0 Å². The van der Waals surface area contributed by atoms with Crippen LogP contribution in [0.4, 0.5) is 13.6 Å². The second-order valence-corrected chi connectivity index (χ2v) is 8.69. The number of carbonyl (C=O) groups is 1. The first-order valence-electron chi connectivity index (χ1n) is 9.21. The monoisotopic (exact) mass is 383 g/mol. The standard InChI is InChI=1S/C20H27F2NO4/c1-19(2,3)27-18(24)23-16(8-12-6-13(21)9-14(22)7-12)17(10-15-11-25-15)26-20(23,4)5/h6-7,9,15-17H,8,10-11H2,1-5H3/t15-,16+,17?/m1/s1. The molecule has 1 amide bonds. The van der Waals surface area contributed by atoms with Gasteiger partial charge in [-0.2, -0.15) is 0 Å². The van der Waals surface area contributed by atoms with Gasteiger partial charge < -0.3 is 14.2 Å². The van der Waals surface area contributed by atoms with E-state index in [4.69, 9.17) is 14.2 Å². The minimum absolute atomic E-state index is 0.0936. The fraction of sp³-hybridized carbons (Fsp3) is 0.650. The lowest BCUT2D eigenvalue weighted by Gasteiger charge is -2.35. The molecule has 27 heavy (non-hydrogen) atoms. The van der Waals surface area contributed by atoms with Crippen LogP contribution in [-0.4, -0.2) is 47.2 Å². The van der Waals surface area contributed by atoms with Crippen molar-refractivity contribution in [1.82, 2.24) is 4.90 Å². The van der Waals surface area contributed by atoms with Gasteiger partial charge in [-0.25, -0.2) is 13.6 Å². The van der Waals surface area contributed by atoms with Crippen LogP contribution < -0.4 is 0 Å².